The van der Waals surface area contributed by atoms with E-state index in [1.54, 1.807) is 0 Å². The first-order valence-electron chi connectivity index (χ1n) is 14.3. The Bertz CT molecular complexity index is 1670. The summed E-state index contributed by atoms with van der Waals surface area (Å²) in [5, 5.41) is 3.58. The summed E-state index contributed by atoms with van der Waals surface area (Å²) in [6, 6.07) is 27.0. The van der Waals surface area contributed by atoms with Crippen LogP contribution in [-0.4, -0.2) is 40.3 Å². The number of imide groups is 2. The lowest BCUT2D eigenvalue weighted by atomic mass is 9.64. The molecule has 0 unspecified atom stereocenters. The molecule has 1 N–H and O–H groups in total. The Morgan fingerprint density at radius 1 is 0.927 bits per heavy atom. The van der Waals surface area contributed by atoms with Gasteiger partial charge in [-0.2, -0.15) is 0 Å². The maximum absolute atomic E-state index is 14.6. The smallest absolute Gasteiger partial charge is 0.331 e. The topological polar surface area (TPSA) is 82.6 Å². The van der Waals surface area contributed by atoms with Crippen molar-refractivity contribution in [3.05, 3.63) is 107 Å². The highest BCUT2D eigenvalue weighted by atomic mass is 16.2. The van der Waals surface area contributed by atoms with Gasteiger partial charge in [-0.3, -0.25) is 19.8 Å². The molecule has 2 fully saturated rings. The highest BCUT2D eigenvalue weighted by Crippen LogP contribution is 2.49. The molecular weight excluding hydrogens is 512 g/mol. The van der Waals surface area contributed by atoms with E-state index in [4.69, 9.17) is 4.98 Å². The second-order valence-corrected chi connectivity index (χ2v) is 11.7. The minimum Gasteiger partial charge on any atom is -0.352 e. The zero-order valence-corrected chi connectivity index (χ0v) is 23.0. The molecule has 4 amide bonds. The molecule has 4 aromatic rings. The average Bonchev–Trinajstić information content (AvgIpc) is 2.98. The third-order valence-corrected chi connectivity index (χ3v) is 9.10. The van der Waals surface area contributed by atoms with Gasteiger partial charge in [-0.05, 0) is 67.0 Å². The van der Waals surface area contributed by atoms with Gasteiger partial charge in [0.05, 0.1) is 18.1 Å². The van der Waals surface area contributed by atoms with Gasteiger partial charge < -0.3 is 4.90 Å². The van der Waals surface area contributed by atoms with Gasteiger partial charge in [0.2, 0.25) is 11.8 Å². The van der Waals surface area contributed by atoms with Crippen molar-refractivity contribution in [3.63, 3.8) is 0 Å². The number of benzene rings is 3. The van der Waals surface area contributed by atoms with E-state index in [1.807, 2.05) is 61.5 Å². The highest BCUT2D eigenvalue weighted by Gasteiger charge is 2.63. The summed E-state index contributed by atoms with van der Waals surface area (Å²) in [7, 11) is 0. The molecule has 0 aliphatic carbocycles. The largest absolute Gasteiger partial charge is 0.352 e. The van der Waals surface area contributed by atoms with Crippen molar-refractivity contribution in [3.8, 4) is 0 Å². The molecule has 3 aromatic carbocycles. The van der Waals surface area contributed by atoms with E-state index in [9.17, 15) is 14.4 Å². The molecule has 2 saturated heterocycles. The summed E-state index contributed by atoms with van der Waals surface area (Å²) in [5.74, 6) is 0.228. The molecule has 1 aromatic heterocycles. The number of piperidine rings is 1. The number of amides is 4. The molecule has 0 saturated carbocycles. The molecular formula is C34H32N4O3. The predicted molar refractivity (Wildman–Crippen MR) is 157 cm³/mol. The molecule has 7 nitrogen and oxygen atoms in total. The van der Waals surface area contributed by atoms with E-state index in [2.05, 4.69) is 40.5 Å². The van der Waals surface area contributed by atoms with Gasteiger partial charge in [0.25, 0.3) is 0 Å². The van der Waals surface area contributed by atoms with Crippen LogP contribution in [0.25, 0.3) is 10.9 Å². The van der Waals surface area contributed by atoms with Crippen molar-refractivity contribution < 1.29 is 14.4 Å². The monoisotopic (exact) mass is 544 g/mol. The Labute approximate surface area is 239 Å². The molecule has 41 heavy (non-hydrogen) atoms. The maximum Gasteiger partial charge on any atom is 0.331 e. The van der Waals surface area contributed by atoms with Crippen LogP contribution in [0.1, 0.15) is 35.1 Å². The first-order valence-corrected chi connectivity index (χ1v) is 14.3. The number of barbiturate groups is 1. The number of urea groups is 1. The first kappa shape index (κ1) is 25.4. The van der Waals surface area contributed by atoms with Crippen LogP contribution in [0.3, 0.4) is 0 Å². The van der Waals surface area contributed by atoms with Crippen LogP contribution < -0.4 is 10.2 Å². The summed E-state index contributed by atoms with van der Waals surface area (Å²) < 4.78 is 0. The Balaban J connectivity index is 1.33. The van der Waals surface area contributed by atoms with Crippen molar-refractivity contribution in [1.82, 2.24) is 15.2 Å². The van der Waals surface area contributed by atoms with Crippen molar-refractivity contribution >= 4 is 34.6 Å². The van der Waals surface area contributed by atoms with Gasteiger partial charge in [0.15, 0.2) is 5.41 Å². The van der Waals surface area contributed by atoms with Crippen molar-refractivity contribution in [2.45, 2.75) is 45.2 Å². The van der Waals surface area contributed by atoms with Crippen molar-refractivity contribution in [1.29, 1.82) is 0 Å². The van der Waals surface area contributed by atoms with Gasteiger partial charge in [-0.15, -0.1) is 0 Å². The number of hydrogen-bond donors (Lipinski definition) is 1. The quantitative estimate of drug-likeness (QED) is 0.358. The standard InChI is InChI=1S/C34H32N4O3/c1-22-12-13-28-26(16-22)19-27-20-34(31(39)36-33(41)38(32(34)40)21-24-10-6-3-7-11-24)29-18-25(14-15-37(29)30(27)35-28)17-23-8-4-2-5-9-23/h2-13,16,19,25,29H,14-15,17-18,20-21H2,1H3,(H,36,39,41)/t25-,29+,34-/m0/s1. The van der Waals surface area contributed by atoms with E-state index < -0.39 is 29.3 Å². The third kappa shape index (κ3) is 4.27. The predicted octanol–water partition coefficient (Wildman–Crippen LogP) is 5.19. The molecule has 0 radical (unpaired) electrons. The number of aryl methyl sites for hydroxylation is 1. The number of aromatic nitrogens is 1. The van der Waals surface area contributed by atoms with Gasteiger partial charge in [0, 0.05) is 18.4 Å². The van der Waals surface area contributed by atoms with Gasteiger partial charge >= 0.3 is 6.03 Å². The van der Waals surface area contributed by atoms with Crippen LogP contribution in [-0.2, 0) is 29.0 Å². The fourth-order valence-corrected chi connectivity index (χ4v) is 7.08. The van der Waals surface area contributed by atoms with Crippen LogP contribution in [0.2, 0.25) is 0 Å². The molecule has 4 heterocycles. The van der Waals surface area contributed by atoms with E-state index >= 15 is 0 Å². The lowest BCUT2D eigenvalue weighted by Crippen LogP contribution is -2.73. The number of carbonyl (C=O) groups is 3. The van der Waals surface area contributed by atoms with E-state index in [0.29, 0.717) is 18.9 Å². The van der Waals surface area contributed by atoms with Crippen LogP contribution in [0, 0.1) is 18.3 Å². The Morgan fingerprint density at radius 2 is 1.66 bits per heavy atom. The van der Waals surface area contributed by atoms with Gasteiger partial charge in [-0.1, -0.05) is 72.3 Å². The summed E-state index contributed by atoms with van der Waals surface area (Å²) in [5.41, 5.74) is 3.55. The summed E-state index contributed by atoms with van der Waals surface area (Å²) in [4.78, 5) is 50.2. The Kier molecular flexibility index (Phi) is 6.11. The zero-order chi connectivity index (χ0) is 28.1. The fraction of sp³-hybridized carbons (Fsp3) is 0.294. The van der Waals surface area contributed by atoms with Crippen molar-refractivity contribution in [2.75, 3.05) is 11.4 Å². The first-order chi connectivity index (χ1) is 19.9. The number of rotatable bonds is 4. The highest BCUT2D eigenvalue weighted by molar-refractivity contribution is 6.20. The molecule has 1 spiro atoms. The third-order valence-electron chi connectivity index (χ3n) is 9.10. The maximum atomic E-state index is 14.6. The summed E-state index contributed by atoms with van der Waals surface area (Å²) in [6.07, 6.45) is 2.67. The van der Waals surface area contributed by atoms with E-state index in [-0.39, 0.29) is 13.0 Å². The minimum absolute atomic E-state index is 0.114. The normalized spacial score (nSPS) is 23.9. The van der Waals surface area contributed by atoms with Crippen LogP contribution in [0.4, 0.5) is 10.6 Å². The van der Waals surface area contributed by atoms with E-state index in [1.165, 1.54) is 10.5 Å². The van der Waals surface area contributed by atoms with Gasteiger partial charge in [0.1, 0.15) is 5.82 Å². The molecule has 0 bridgehead atoms. The lowest BCUT2D eigenvalue weighted by molar-refractivity contribution is -0.154. The lowest BCUT2D eigenvalue weighted by Gasteiger charge is -2.54. The fourth-order valence-electron chi connectivity index (χ4n) is 7.08. The Hall–Kier alpha value is -4.52. The van der Waals surface area contributed by atoms with Gasteiger partial charge in [-0.25, -0.2) is 9.78 Å². The molecule has 206 valence electrons. The molecule has 7 rings (SSSR count). The van der Waals surface area contributed by atoms with Crippen molar-refractivity contribution in [2.24, 2.45) is 11.3 Å². The van der Waals surface area contributed by atoms with Crippen LogP contribution in [0.15, 0.2) is 84.9 Å². The average molecular weight is 545 g/mol. The molecule has 3 aliphatic rings. The number of carbonyl (C=O) groups excluding carboxylic acids is 3. The molecule has 3 atom stereocenters. The Morgan fingerprint density at radius 3 is 2.41 bits per heavy atom. The number of pyridine rings is 1. The minimum atomic E-state index is -1.43. The number of anilines is 1. The SMILES string of the molecule is Cc1ccc2nc3c(cc2c1)C[C@@]1(C(=O)NC(=O)N(Cc2ccccc2)C1=O)[C@H]1C[C@H](Cc2ccccc2)CCN31. The van der Waals surface area contributed by atoms with E-state index in [0.717, 1.165) is 46.3 Å². The second kappa shape index (κ2) is 9.84. The number of nitrogens with one attached hydrogen (secondary N) is 1. The zero-order valence-electron chi connectivity index (χ0n) is 23.0. The van der Waals surface area contributed by atoms with Crippen LogP contribution in [0.5, 0.6) is 0 Å². The molecule has 3 aliphatic heterocycles. The number of hydrogen-bond acceptors (Lipinski definition) is 5. The second-order valence-electron chi connectivity index (χ2n) is 11.7. The summed E-state index contributed by atoms with van der Waals surface area (Å²) >= 11 is 0. The summed E-state index contributed by atoms with van der Waals surface area (Å²) in [6.45, 7) is 2.84. The molecule has 7 heteroatoms. The number of nitrogens with zero attached hydrogens (tertiary/aromatic N) is 3. The number of fused-ring (bicyclic) bond motifs is 5. The van der Waals surface area contributed by atoms with Crippen LogP contribution >= 0.6 is 0 Å².